The summed E-state index contributed by atoms with van der Waals surface area (Å²) in [5.74, 6) is -0.534. The number of carbonyl (C=O) groups is 1. The quantitative estimate of drug-likeness (QED) is 0.688. The van der Waals surface area contributed by atoms with Crippen LogP contribution in [-0.2, 0) is 11.2 Å². The summed E-state index contributed by atoms with van der Waals surface area (Å²) in [4.78, 5) is 15.3. The summed E-state index contributed by atoms with van der Waals surface area (Å²) in [7, 11) is 0. The minimum atomic E-state index is -0.524. The lowest BCUT2D eigenvalue weighted by atomic mass is 9.94. The summed E-state index contributed by atoms with van der Waals surface area (Å²) < 4.78 is 13.1. The first-order chi connectivity index (χ1) is 11.6. The summed E-state index contributed by atoms with van der Waals surface area (Å²) in [6, 6.07) is 14.4. The number of benzene rings is 2. The highest BCUT2D eigenvalue weighted by atomic mass is 35.5. The Morgan fingerprint density at radius 1 is 1.08 bits per heavy atom. The molecule has 24 heavy (non-hydrogen) atoms. The molecule has 0 aliphatic carbocycles. The van der Waals surface area contributed by atoms with E-state index >= 15 is 0 Å². The number of carbonyl (C=O) groups excluding carboxylic acids is 1. The first-order valence-electron chi connectivity index (χ1n) is 7.45. The van der Waals surface area contributed by atoms with Crippen LogP contribution in [0.25, 0.3) is 22.3 Å². The molecule has 0 atom stereocenters. The maximum absolute atomic E-state index is 13.1. The Hall–Kier alpha value is -2.72. The monoisotopic (exact) mass is 338 g/mol. The molecule has 1 aliphatic rings. The van der Waals surface area contributed by atoms with Crippen molar-refractivity contribution in [2.45, 2.75) is 6.42 Å². The van der Waals surface area contributed by atoms with Gasteiger partial charge in [-0.15, -0.1) is 0 Å². The van der Waals surface area contributed by atoms with E-state index in [1.54, 1.807) is 6.07 Å². The van der Waals surface area contributed by atoms with Crippen molar-refractivity contribution in [1.29, 1.82) is 0 Å². The maximum Gasteiger partial charge on any atom is 0.228 e. The minimum absolute atomic E-state index is 0.00994. The second kappa shape index (κ2) is 5.73. The van der Waals surface area contributed by atoms with Gasteiger partial charge >= 0.3 is 0 Å². The third-order valence-corrected chi connectivity index (χ3v) is 4.39. The molecule has 1 amide bonds. The number of hydrogen-bond donors (Lipinski definition) is 1. The van der Waals surface area contributed by atoms with Crippen molar-refractivity contribution in [3.05, 3.63) is 71.3 Å². The molecule has 2 heterocycles. The van der Waals surface area contributed by atoms with Gasteiger partial charge in [0.25, 0.3) is 0 Å². The Labute approximate surface area is 143 Å². The van der Waals surface area contributed by atoms with Gasteiger partial charge in [-0.2, -0.15) is 4.39 Å². The third kappa shape index (κ3) is 2.55. The number of rotatable bonds is 2. The van der Waals surface area contributed by atoms with E-state index in [2.05, 4.69) is 10.3 Å². The van der Waals surface area contributed by atoms with Gasteiger partial charge < -0.3 is 5.32 Å². The number of anilines is 1. The van der Waals surface area contributed by atoms with Crippen LogP contribution in [0.4, 0.5) is 10.1 Å². The van der Waals surface area contributed by atoms with Crippen molar-refractivity contribution in [1.82, 2.24) is 4.98 Å². The predicted octanol–water partition coefficient (Wildman–Crippen LogP) is 4.70. The number of halogens is 2. The zero-order valence-corrected chi connectivity index (χ0v) is 13.3. The van der Waals surface area contributed by atoms with E-state index in [1.165, 1.54) is 12.3 Å². The van der Waals surface area contributed by atoms with E-state index in [0.717, 1.165) is 33.5 Å². The normalized spacial score (nSPS) is 12.8. The molecule has 3 nitrogen and oxygen atoms in total. The number of amides is 1. The van der Waals surface area contributed by atoms with Gasteiger partial charge in [0.2, 0.25) is 11.9 Å². The molecule has 1 aliphatic heterocycles. The standard InChI is InChI=1S/C19H12ClFN2O/c20-15-3-1-2-14(12-5-7-17(21)22-10-12)19(15)11-4-6-16-13(8-11)9-18(24)23-16/h1-8,10H,9H2,(H,23,24). The summed E-state index contributed by atoms with van der Waals surface area (Å²) in [5.41, 5.74) is 5.18. The van der Waals surface area contributed by atoms with Gasteiger partial charge in [0.1, 0.15) is 0 Å². The summed E-state index contributed by atoms with van der Waals surface area (Å²) in [6.07, 6.45) is 1.85. The van der Waals surface area contributed by atoms with Gasteiger partial charge in [0, 0.05) is 28.0 Å². The highest BCUT2D eigenvalue weighted by Gasteiger charge is 2.19. The van der Waals surface area contributed by atoms with Crippen molar-refractivity contribution in [2.24, 2.45) is 0 Å². The number of aromatic nitrogens is 1. The van der Waals surface area contributed by atoms with E-state index < -0.39 is 5.95 Å². The molecule has 0 saturated heterocycles. The fourth-order valence-corrected chi connectivity index (χ4v) is 3.26. The Morgan fingerprint density at radius 2 is 1.92 bits per heavy atom. The van der Waals surface area contributed by atoms with E-state index in [1.807, 2.05) is 36.4 Å². The topological polar surface area (TPSA) is 42.0 Å². The molecule has 5 heteroatoms. The smallest absolute Gasteiger partial charge is 0.228 e. The first-order valence-corrected chi connectivity index (χ1v) is 7.83. The van der Waals surface area contributed by atoms with Crippen molar-refractivity contribution < 1.29 is 9.18 Å². The largest absolute Gasteiger partial charge is 0.326 e. The van der Waals surface area contributed by atoms with Crippen LogP contribution in [0.5, 0.6) is 0 Å². The van der Waals surface area contributed by atoms with Crippen molar-refractivity contribution >= 4 is 23.2 Å². The maximum atomic E-state index is 13.1. The molecule has 0 bridgehead atoms. The van der Waals surface area contributed by atoms with Crippen molar-refractivity contribution in [2.75, 3.05) is 5.32 Å². The van der Waals surface area contributed by atoms with E-state index in [9.17, 15) is 9.18 Å². The number of fused-ring (bicyclic) bond motifs is 1. The fourth-order valence-electron chi connectivity index (χ4n) is 2.98. The Bertz CT molecular complexity index is 954. The van der Waals surface area contributed by atoms with Crippen molar-refractivity contribution in [3.8, 4) is 22.3 Å². The van der Waals surface area contributed by atoms with Crippen LogP contribution in [0, 0.1) is 5.95 Å². The summed E-state index contributed by atoms with van der Waals surface area (Å²) in [6.45, 7) is 0. The first kappa shape index (κ1) is 14.8. The van der Waals surface area contributed by atoms with Crippen LogP contribution in [-0.4, -0.2) is 10.9 Å². The zero-order valence-electron chi connectivity index (χ0n) is 12.5. The van der Waals surface area contributed by atoms with Gasteiger partial charge in [-0.25, -0.2) is 4.98 Å². The van der Waals surface area contributed by atoms with Crippen LogP contribution < -0.4 is 5.32 Å². The van der Waals surface area contributed by atoms with Gasteiger partial charge in [-0.05, 0) is 47.0 Å². The minimum Gasteiger partial charge on any atom is -0.326 e. The lowest BCUT2D eigenvalue weighted by molar-refractivity contribution is -0.115. The molecule has 2 aromatic carbocycles. The SMILES string of the molecule is O=C1Cc2cc(-c3c(Cl)cccc3-c3ccc(F)nc3)ccc2N1. The van der Waals surface area contributed by atoms with Crippen LogP contribution in [0.15, 0.2) is 54.7 Å². The second-order valence-corrected chi connectivity index (χ2v) is 6.04. The molecule has 4 rings (SSSR count). The van der Waals surface area contributed by atoms with Gasteiger partial charge in [-0.1, -0.05) is 29.8 Å². The molecule has 0 saturated carbocycles. The molecule has 1 aromatic heterocycles. The molecule has 0 fully saturated rings. The molecule has 1 N–H and O–H groups in total. The van der Waals surface area contributed by atoms with E-state index in [0.29, 0.717) is 11.4 Å². The fraction of sp³-hybridized carbons (Fsp3) is 0.0526. The second-order valence-electron chi connectivity index (χ2n) is 5.63. The zero-order chi connectivity index (χ0) is 16.7. The summed E-state index contributed by atoms with van der Waals surface area (Å²) >= 11 is 6.45. The highest BCUT2D eigenvalue weighted by molar-refractivity contribution is 6.34. The van der Waals surface area contributed by atoms with Crippen LogP contribution >= 0.6 is 11.6 Å². The molecule has 3 aromatic rings. The predicted molar refractivity (Wildman–Crippen MR) is 92.4 cm³/mol. The lowest BCUT2D eigenvalue weighted by Crippen LogP contribution is -2.03. The third-order valence-electron chi connectivity index (χ3n) is 4.07. The highest BCUT2D eigenvalue weighted by Crippen LogP contribution is 2.39. The van der Waals surface area contributed by atoms with E-state index in [-0.39, 0.29) is 5.91 Å². The molecular weight excluding hydrogens is 327 g/mol. The van der Waals surface area contributed by atoms with Crippen LogP contribution in [0.3, 0.4) is 0 Å². The number of nitrogens with zero attached hydrogens (tertiary/aromatic N) is 1. The van der Waals surface area contributed by atoms with Gasteiger partial charge in [-0.3, -0.25) is 4.79 Å². The molecule has 0 unspecified atom stereocenters. The van der Waals surface area contributed by atoms with Crippen LogP contribution in [0.1, 0.15) is 5.56 Å². The molecule has 0 radical (unpaired) electrons. The lowest BCUT2D eigenvalue weighted by Gasteiger charge is -2.13. The number of nitrogens with one attached hydrogen (secondary N) is 1. The van der Waals surface area contributed by atoms with Crippen LogP contribution in [0.2, 0.25) is 5.02 Å². The Balaban J connectivity index is 1.88. The molecule has 118 valence electrons. The number of pyridine rings is 1. The van der Waals surface area contributed by atoms with E-state index in [4.69, 9.17) is 11.6 Å². The van der Waals surface area contributed by atoms with Gasteiger partial charge in [0.15, 0.2) is 0 Å². The summed E-state index contributed by atoms with van der Waals surface area (Å²) in [5, 5.41) is 3.41. The van der Waals surface area contributed by atoms with Gasteiger partial charge in [0.05, 0.1) is 6.42 Å². The molecule has 0 spiro atoms. The van der Waals surface area contributed by atoms with Crippen molar-refractivity contribution in [3.63, 3.8) is 0 Å². The average molecular weight is 339 g/mol. The molecular formula is C19H12ClFN2O. The Kier molecular flexibility index (Phi) is 3.54. The average Bonchev–Trinajstić information content (AvgIpc) is 2.94. The Morgan fingerprint density at radius 3 is 2.71 bits per heavy atom. The number of hydrogen-bond acceptors (Lipinski definition) is 2.